The third-order valence-electron chi connectivity index (χ3n) is 4.00. The number of hydrogen-bond donors (Lipinski definition) is 1. The van der Waals surface area contributed by atoms with E-state index >= 15 is 0 Å². The van der Waals surface area contributed by atoms with Gasteiger partial charge in [0.05, 0.1) is 0 Å². The predicted molar refractivity (Wildman–Crippen MR) is 97.8 cm³/mol. The molecule has 0 saturated carbocycles. The Morgan fingerprint density at radius 2 is 1.17 bits per heavy atom. The lowest BCUT2D eigenvalue weighted by atomic mass is 9.90. The number of benzene rings is 3. The molecule has 3 aromatic carbocycles. The summed E-state index contributed by atoms with van der Waals surface area (Å²) in [7, 11) is 0. The molecular formula is C22H18O2. The first-order valence-electron chi connectivity index (χ1n) is 7.82. The van der Waals surface area contributed by atoms with E-state index in [1.165, 1.54) is 12.1 Å². The minimum absolute atomic E-state index is 0.0532. The van der Waals surface area contributed by atoms with Crippen LogP contribution in [-0.4, -0.2) is 10.9 Å². The second-order valence-electron chi connectivity index (χ2n) is 5.61. The molecule has 24 heavy (non-hydrogen) atoms. The molecule has 0 atom stereocenters. The zero-order valence-electron chi connectivity index (χ0n) is 13.4. The summed E-state index contributed by atoms with van der Waals surface area (Å²) in [6, 6.07) is 25.9. The van der Waals surface area contributed by atoms with Crippen molar-refractivity contribution in [2.75, 3.05) is 0 Å². The van der Waals surface area contributed by atoms with Gasteiger partial charge in [0, 0.05) is 11.1 Å². The van der Waals surface area contributed by atoms with Crippen molar-refractivity contribution < 1.29 is 9.90 Å². The maximum Gasteiger partial charge on any atom is 0.193 e. The Morgan fingerprint density at radius 3 is 1.71 bits per heavy atom. The Labute approximate surface area is 141 Å². The van der Waals surface area contributed by atoms with Gasteiger partial charge in [-0.25, -0.2) is 0 Å². The highest BCUT2D eigenvalue weighted by Crippen LogP contribution is 2.29. The first-order chi connectivity index (χ1) is 11.7. The highest BCUT2D eigenvalue weighted by Gasteiger charge is 2.18. The number of Topliss-reactive ketones (excluding diaryl/α,β-unsaturated/α-hetero) is 1. The number of ketones is 1. The minimum atomic E-state index is -0.0532. The van der Waals surface area contributed by atoms with Crippen LogP contribution in [0.15, 0.2) is 84.9 Å². The molecule has 0 aliphatic carbocycles. The van der Waals surface area contributed by atoms with Gasteiger partial charge in [0.2, 0.25) is 0 Å². The molecular weight excluding hydrogens is 296 g/mol. The van der Waals surface area contributed by atoms with E-state index in [4.69, 9.17) is 0 Å². The molecule has 0 fully saturated rings. The number of hydrogen-bond acceptors (Lipinski definition) is 2. The van der Waals surface area contributed by atoms with Crippen LogP contribution < -0.4 is 0 Å². The van der Waals surface area contributed by atoms with Gasteiger partial charge in [0.1, 0.15) is 5.75 Å². The summed E-state index contributed by atoms with van der Waals surface area (Å²) < 4.78 is 0. The summed E-state index contributed by atoms with van der Waals surface area (Å²) in [6.45, 7) is 1.97. The van der Waals surface area contributed by atoms with Gasteiger partial charge < -0.3 is 5.11 Å². The normalized spacial score (nSPS) is 11.7. The molecule has 0 unspecified atom stereocenters. The molecule has 2 nitrogen and oxygen atoms in total. The molecule has 0 aliphatic heterocycles. The topological polar surface area (TPSA) is 37.3 Å². The minimum Gasteiger partial charge on any atom is -0.508 e. The zero-order valence-corrected chi connectivity index (χ0v) is 13.4. The smallest absolute Gasteiger partial charge is 0.193 e. The van der Waals surface area contributed by atoms with Crippen LogP contribution in [0.25, 0.3) is 11.1 Å². The van der Waals surface area contributed by atoms with Crippen molar-refractivity contribution in [3.8, 4) is 5.75 Å². The van der Waals surface area contributed by atoms with Crippen molar-refractivity contribution in [1.82, 2.24) is 0 Å². The van der Waals surface area contributed by atoms with Crippen LogP contribution in [0.3, 0.4) is 0 Å². The summed E-state index contributed by atoms with van der Waals surface area (Å²) in [5.74, 6) is 0.0964. The van der Waals surface area contributed by atoms with Gasteiger partial charge in [-0.15, -0.1) is 0 Å². The first kappa shape index (κ1) is 15.8. The van der Waals surface area contributed by atoms with Crippen LogP contribution in [0.1, 0.15) is 28.4 Å². The third kappa shape index (κ3) is 3.28. The van der Waals surface area contributed by atoms with E-state index in [0.29, 0.717) is 11.1 Å². The van der Waals surface area contributed by atoms with Crippen LogP contribution >= 0.6 is 0 Å². The lowest BCUT2D eigenvalue weighted by Crippen LogP contribution is -2.05. The maximum absolute atomic E-state index is 13.1. The van der Waals surface area contributed by atoms with Gasteiger partial charge in [-0.1, -0.05) is 60.7 Å². The fourth-order valence-corrected chi connectivity index (χ4v) is 2.71. The van der Waals surface area contributed by atoms with Gasteiger partial charge in [-0.3, -0.25) is 4.79 Å². The quantitative estimate of drug-likeness (QED) is 0.408. The zero-order chi connectivity index (χ0) is 16.9. The average Bonchev–Trinajstić information content (AvgIpc) is 2.64. The second-order valence-corrected chi connectivity index (χ2v) is 5.61. The number of carbonyl (C=O) groups is 1. The highest BCUT2D eigenvalue weighted by molar-refractivity contribution is 6.34. The Bertz CT molecular complexity index is 861. The highest BCUT2D eigenvalue weighted by atomic mass is 16.3. The SMILES string of the molecule is C/C(=C(/C(=O)c1ccc(O)cc1)c1ccccc1)c1ccccc1. The predicted octanol–water partition coefficient (Wildman–Crippen LogP) is 5.21. The molecule has 0 bridgehead atoms. The fraction of sp³-hybridized carbons (Fsp3) is 0.0455. The van der Waals surface area contributed by atoms with Crippen molar-refractivity contribution in [2.45, 2.75) is 6.92 Å². The van der Waals surface area contributed by atoms with E-state index < -0.39 is 0 Å². The molecule has 3 aromatic rings. The Morgan fingerprint density at radius 1 is 0.667 bits per heavy atom. The van der Waals surface area contributed by atoms with Gasteiger partial charge >= 0.3 is 0 Å². The van der Waals surface area contributed by atoms with E-state index in [1.807, 2.05) is 67.6 Å². The maximum atomic E-state index is 13.1. The Hall–Kier alpha value is -3.13. The van der Waals surface area contributed by atoms with E-state index in [1.54, 1.807) is 12.1 Å². The summed E-state index contributed by atoms with van der Waals surface area (Å²) >= 11 is 0. The Kier molecular flexibility index (Phi) is 4.57. The van der Waals surface area contributed by atoms with Crippen LogP contribution in [0.5, 0.6) is 5.75 Å². The van der Waals surface area contributed by atoms with E-state index in [2.05, 4.69) is 0 Å². The van der Waals surface area contributed by atoms with Gasteiger partial charge in [0.15, 0.2) is 5.78 Å². The molecule has 3 rings (SSSR count). The van der Waals surface area contributed by atoms with E-state index in [-0.39, 0.29) is 11.5 Å². The third-order valence-corrected chi connectivity index (χ3v) is 4.00. The molecule has 2 heteroatoms. The van der Waals surface area contributed by atoms with Crippen molar-refractivity contribution in [1.29, 1.82) is 0 Å². The standard InChI is InChI=1S/C22H18O2/c1-16(17-8-4-2-5-9-17)21(18-10-6-3-7-11-18)22(24)19-12-14-20(23)15-13-19/h2-15,23H,1H3/b21-16-. The van der Waals surface area contributed by atoms with Crippen LogP contribution in [-0.2, 0) is 0 Å². The number of rotatable bonds is 4. The average molecular weight is 314 g/mol. The number of aromatic hydroxyl groups is 1. The number of phenols is 1. The summed E-state index contributed by atoms with van der Waals surface area (Å²) in [5, 5.41) is 9.46. The first-order valence-corrected chi connectivity index (χ1v) is 7.82. The summed E-state index contributed by atoms with van der Waals surface area (Å²) in [6.07, 6.45) is 0. The fourth-order valence-electron chi connectivity index (χ4n) is 2.71. The monoisotopic (exact) mass is 314 g/mol. The lowest BCUT2D eigenvalue weighted by Gasteiger charge is -2.13. The molecule has 118 valence electrons. The lowest BCUT2D eigenvalue weighted by molar-refractivity contribution is 0.105. The number of allylic oxidation sites excluding steroid dienone is 2. The van der Waals surface area contributed by atoms with Gasteiger partial charge in [-0.2, -0.15) is 0 Å². The van der Waals surface area contributed by atoms with Crippen molar-refractivity contribution in [2.24, 2.45) is 0 Å². The molecule has 0 aliphatic rings. The number of phenolic OH excluding ortho intramolecular Hbond substituents is 1. The van der Waals surface area contributed by atoms with Gasteiger partial charge in [0.25, 0.3) is 0 Å². The van der Waals surface area contributed by atoms with Crippen molar-refractivity contribution >= 4 is 16.9 Å². The van der Waals surface area contributed by atoms with E-state index in [9.17, 15) is 9.90 Å². The van der Waals surface area contributed by atoms with Crippen LogP contribution in [0.2, 0.25) is 0 Å². The van der Waals surface area contributed by atoms with Crippen molar-refractivity contribution in [3.05, 3.63) is 102 Å². The largest absolute Gasteiger partial charge is 0.508 e. The molecule has 0 radical (unpaired) electrons. The summed E-state index contributed by atoms with van der Waals surface area (Å²) in [4.78, 5) is 13.1. The van der Waals surface area contributed by atoms with E-state index in [0.717, 1.165) is 16.7 Å². The van der Waals surface area contributed by atoms with Crippen LogP contribution in [0, 0.1) is 0 Å². The molecule has 0 saturated heterocycles. The van der Waals surface area contributed by atoms with Gasteiger partial charge in [-0.05, 0) is 47.9 Å². The molecule has 1 N–H and O–H groups in total. The number of carbonyl (C=O) groups excluding carboxylic acids is 1. The molecule has 0 aromatic heterocycles. The Balaban J connectivity index is 2.16. The summed E-state index contributed by atoms with van der Waals surface area (Å²) in [5.41, 5.74) is 4.06. The van der Waals surface area contributed by atoms with Crippen molar-refractivity contribution in [3.63, 3.8) is 0 Å². The molecule has 0 spiro atoms. The second kappa shape index (κ2) is 6.97. The van der Waals surface area contributed by atoms with Crippen LogP contribution in [0.4, 0.5) is 0 Å². The molecule has 0 amide bonds. The molecule has 0 heterocycles.